The Hall–Kier alpha value is -3.35. The van der Waals surface area contributed by atoms with Crippen molar-refractivity contribution >= 4 is 49.2 Å². The minimum absolute atomic E-state index is 0.202. The number of amides is 1. The van der Waals surface area contributed by atoms with Crippen LogP contribution in [-0.4, -0.2) is 15.9 Å². The minimum Gasteiger partial charge on any atom is -0.298 e. The summed E-state index contributed by atoms with van der Waals surface area (Å²) < 4.78 is 0.961. The second kappa shape index (κ2) is 8.89. The van der Waals surface area contributed by atoms with Gasteiger partial charge < -0.3 is 0 Å². The Morgan fingerprint density at radius 1 is 0.909 bits per heavy atom. The summed E-state index contributed by atoms with van der Waals surface area (Å²) in [5.41, 5.74) is 7.34. The molecule has 0 fully saturated rings. The molecule has 33 heavy (non-hydrogen) atoms. The van der Waals surface area contributed by atoms with Gasteiger partial charge in [0.15, 0.2) is 5.13 Å². The fourth-order valence-corrected chi connectivity index (χ4v) is 4.98. The molecule has 2 heterocycles. The number of carbonyl (C=O) groups excluding carboxylic acids is 1. The summed E-state index contributed by atoms with van der Waals surface area (Å²) in [5, 5.41) is 6.34. The summed E-state index contributed by atoms with van der Waals surface area (Å²) >= 11 is 4.94. The number of rotatable bonds is 4. The molecule has 0 unspecified atom stereocenters. The molecule has 1 N–H and O–H groups in total. The Morgan fingerprint density at radius 3 is 2.58 bits per heavy atom. The predicted octanol–water partition coefficient (Wildman–Crippen LogP) is 7.66. The quantitative estimate of drug-likeness (QED) is 0.268. The lowest BCUT2D eigenvalue weighted by molar-refractivity contribution is 0.102. The molecule has 0 aliphatic rings. The Balaban J connectivity index is 1.50. The fraction of sp³-hybridized carbons (Fsp3) is 0.0741. The number of nitrogens with one attached hydrogen (secondary N) is 1. The van der Waals surface area contributed by atoms with Gasteiger partial charge in [0.2, 0.25) is 0 Å². The first-order valence-corrected chi connectivity index (χ1v) is 12.2. The summed E-state index contributed by atoms with van der Waals surface area (Å²) in [7, 11) is 0. The molecule has 4 nitrogen and oxygen atoms in total. The Labute approximate surface area is 204 Å². The van der Waals surface area contributed by atoms with Crippen LogP contribution < -0.4 is 5.32 Å². The maximum Gasteiger partial charge on any atom is 0.258 e. The predicted molar refractivity (Wildman–Crippen MR) is 140 cm³/mol. The molecular weight excluding hydrogens is 494 g/mol. The minimum atomic E-state index is -0.202. The van der Waals surface area contributed by atoms with Gasteiger partial charge >= 0.3 is 0 Å². The van der Waals surface area contributed by atoms with Gasteiger partial charge in [-0.1, -0.05) is 70.0 Å². The molecule has 0 saturated heterocycles. The zero-order valence-corrected chi connectivity index (χ0v) is 20.5. The van der Waals surface area contributed by atoms with Crippen molar-refractivity contribution in [3.8, 4) is 22.5 Å². The topological polar surface area (TPSA) is 54.9 Å². The summed E-state index contributed by atoms with van der Waals surface area (Å²) in [4.78, 5) is 22.8. The second-order valence-corrected chi connectivity index (χ2v) is 9.67. The van der Waals surface area contributed by atoms with Crippen LogP contribution in [0.1, 0.15) is 21.5 Å². The molecule has 5 aromatic rings. The van der Waals surface area contributed by atoms with E-state index in [0.29, 0.717) is 10.7 Å². The third-order valence-electron chi connectivity index (χ3n) is 5.46. The highest BCUT2D eigenvalue weighted by atomic mass is 79.9. The van der Waals surface area contributed by atoms with Crippen molar-refractivity contribution < 1.29 is 4.79 Å². The average Bonchev–Trinajstić information content (AvgIpc) is 3.26. The zero-order valence-electron chi connectivity index (χ0n) is 18.1. The molecule has 0 radical (unpaired) electrons. The van der Waals surface area contributed by atoms with Crippen molar-refractivity contribution in [2.75, 3.05) is 5.32 Å². The van der Waals surface area contributed by atoms with Gasteiger partial charge in [0, 0.05) is 26.4 Å². The van der Waals surface area contributed by atoms with Crippen molar-refractivity contribution in [2.45, 2.75) is 13.8 Å². The molecule has 0 bridgehead atoms. The Bertz CT molecular complexity index is 1510. The van der Waals surface area contributed by atoms with Crippen LogP contribution in [0.3, 0.4) is 0 Å². The summed E-state index contributed by atoms with van der Waals surface area (Å²) in [6, 6.07) is 23.7. The molecule has 3 aromatic carbocycles. The van der Waals surface area contributed by atoms with Gasteiger partial charge in [-0.2, -0.15) is 0 Å². The van der Waals surface area contributed by atoms with Crippen LogP contribution in [-0.2, 0) is 0 Å². The number of benzene rings is 3. The molecule has 0 aliphatic heterocycles. The number of halogens is 1. The van der Waals surface area contributed by atoms with Crippen LogP contribution in [0.15, 0.2) is 82.6 Å². The van der Waals surface area contributed by atoms with Crippen molar-refractivity contribution in [3.05, 3.63) is 99.3 Å². The lowest BCUT2D eigenvalue weighted by Crippen LogP contribution is -2.13. The highest BCUT2D eigenvalue weighted by molar-refractivity contribution is 9.10. The van der Waals surface area contributed by atoms with Gasteiger partial charge in [-0.15, -0.1) is 11.3 Å². The largest absolute Gasteiger partial charge is 0.298 e. The molecule has 5 rings (SSSR count). The third-order valence-corrected chi connectivity index (χ3v) is 6.71. The van der Waals surface area contributed by atoms with Crippen LogP contribution in [0.5, 0.6) is 0 Å². The number of hydrogen-bond donors (Lipinski definition) is 1. The van der Waals surface area contributed by atoms with Crippen molar-refractivity contribution in [1.29, 1.82) is 0 Å². The second-order valence-electron chi connectivity index (χ2n) is 7.89. The van der Waals surface area contributed by atoms with E-state index in [-0.39, 0.29) is 5.91 Å². The van der Waals surface area contributed by atoms with E-state index in [9.17, 15) is 4.79 Å². The number of nitrogens with zero attached hydrogens (tertiary/aromatic N) is 2. The third kappa shape index (κ3) is 4.45. The van der Waals surface area contributed by atoms with Crippen LogP contribution >= 0.6 is 27.3 Å². The van der Waals surface area contributed by atoms with E-state index < -0.39 is 0 Å². The number of anilines is 1. The number of fused-ring (bicyclic) bond motifs is 1. The van der Waals surface area contributed by atoms with E-state index in [2.05, 4.69) is 58.3 Å². The summed E-state index contributed by atoms with van der Waals surface area (Å²) in [6.45, 7) is 4.15. The van der Waals surface area contributed by atoms with Crippen LogP contribution in [0.4, 0.5) is 5.13 Å². The molecule has 162 valence electrons. The van der Waals surface area contributed by atoms with Crippen molar-refractivity contribution in [2.24, 2.45) is 0 Å². The van der Waals surface area contributed by atoms with E-state index in [0.717, 1.165) is 43.5 Å². The molecule has 1 amide bonds. The molecular formula is C27H20BrN3OS. The molecule has 2 aromatic heterocycles. The van der Waals surface area contributed by atoms with Gasteiger partial charge in [-0.05, 0) is 43.7 Å². The molecule has 0 saturated carbocycles. The average molecular weight is 514 g/mol. The molecule has 0 atom stereocenters. The summed E-state index contributed by atoms with van der Waals surface area (Å²) in [6.07, 6.45) is 0. The van der Waals surface area contributed by atoms with Crippen molar-refractivity contribution in [1.82, 2.24) is 9.97 Å². The summed E-state index contributed by atoms with van der Waals surface area (Å²) in [5.74, 6) is -0.202. The zero-order chi connectivity index (χ0) is 22.9. The molecule has 6 heteroatoms. The number of aryl methyl sites for hydroxylation is 2. The van der Waals surface area contributed by atoms with Gasteiger partial charge in [0.1, 0.15) is 0 Å². The SMILES string of the molecule is Cc1ccc(-c2csc(NC(=O)c3cc(-c4cccc(Br)c4)nc4ccccc34)n2)c(C)c1. The first kappa shape index (κ1) is 21.5. The Morgan fingerprint density at radius 2 is 1.76 bits per heavy atom. The van der Waals surface area contributed by atoms with Crippen molar-refractivity contribution in [3.63, 3.8) is 0 Å². The number of aromatic nitrogens is 2. The molecule has 0 aliphatic carbocycles. The highest BCUT2D eigenvalue weighted by Gasteiger charge is 2.16. The fourth-order valence-electron chi connectivity index (χ4n) is 3.88. The first-order valence-electron chi connectivity index (χ1n) is 10.5. The first-order chi connectivity index (χ1) is 16.0. The van der Waals surface area contributed by atoms with E-state index >= 15 is 0 Å². The standard InChI is InChI=1S/C27H20BrN3OS/c1-16-10-11-20(17(2)12-16)25-15-33-27(30-25)31-26(32)22-14-24(18-6-5-7-19(28)13-18)29-23-9-4-3-8-21(22)23/h3-15H,1-2H3,(H,30,31,32). The molecule has 0 spiro atoms. The van der Waals surface area contributed by atoms with E-state index in [1.807, 2.05) is 60.0 Å². The smallest absolute Gasteiger partial charge is 0.258 e. The number of thiazole rings is 1. The lowest BCUT2D eigenvalue weighted by Gasteiger charge is -2.10. The Kier molecular flexibility index (Phi) is 5.79. The van der Waals surface area contributed by atoms with E-state index in [1.54, 1.807) is 0 Å². The van der Waals surface area contributed by atoms with E-state index in [1.165, 1.54) is 16.9 Å². The van der Waals surface area contributed by atoms with Gasteiger partial charge in [-0.25, -0.2) is 9.97 Å². The van der Waals surface area contributed by atoms with Gasteiger partial charge in [0.25, 0.3) is 5.91 Å². The number of pyridine rings is 1. The van der Waals surface area contributed by atoms with E-state index in [4.69, 9.17) is 4.98 Å². The van der Waals surface area contributed by atoms with Crippen LogP contribution in [0.25, 0.3) is 33.4 Å². The normalized spacial score (nSPS) is 11.0. The van der Waals surface area contributed by atoms with Crippen LogP contribution in [0, 0.1) is 13.8 Å². The highest BCUT2D eigenvalue weighted by Crippen LogP contribution is 2.30. The van der Waals surface area contributed by atoms with Gasteiger partial charge in [0.05, 0.1) is 22.5 Å². The monoisotopic (exact) mass is 513 g/mol. The lowest BCUT2D eigenvalue weighted by atomic mass is 10.0. The number of para-hydroxylation sites is 1. The maximum atomic E-state index is 13.4. The number of hydrogen-bond acceptors (Lipinski definition) is 4. The van der Waals surface area contributed by atoms with Gasteiger partial charge in [-0.3, -0.25) is 10.1 Å². The number of carbonyl (C=O) groups is 1. The van der Waals surface area contributed by atoms with Crippen LogP contribution in [0.2, 0.25) is 0 Å². The maximum absolute atomic E-state index is 13.4.